The molecule has 4 aromatic rings. The van der Waals surface area contributed by atoms with Crippen LogP contribution in [0.3, 0.4) is 0 Å². The summed E-state index contributed by atoms with van der Waals surface area (Å²) < 4.78 is 6.59. The lowest BCUT2D eigenvalue weighted by atomic mass is 10.1. The van der Waals surface area contributed by atoms with Crippen LogP contribution in [-0.4, -0.2) is 15.3 Å². The van der Waals surface area contributed by atoms with Crippen LogP contribution in [0.5, 0.6) is 0 Å². The zero-order valence-electron chi connectivity index (χ0n) is 12.8. The van der Waals surface area contributed by atoms with Crippen LogP contribution in [0.15, 0.2) is 80.8 Å². The zero-order valence-corrected chi connectivity index (χ0v) is 15.3. The van der Waals surface area contributed by atoms with Gasteiger partial charge in [0.2, 0.25) is 11.0 Å². The Balaban J connectivity index is 1.60. The summed E-state index contributed by atoms with van der Waals surface area (Å²) in [4.78, 5) is 12.6. The van der Waals surface area contributed by atoms with Crippen LogP contribution >= 0.6 is 27.7 Å². The summed E-state index contributed by atoms with van der Waals surface area (Å²) in [6.07, 6.45) is 0. The van der Waals surface area contributed by atoms with E-state index in [2.05, 4.69) is 26.1 Å². The van der Waals surface area contributed by atoms with Gasteiger partial charge in [-0.15, -0.1) is 10.2 Å². The first kappa shape index (κ1) is 16.1. The van der Waals surface area contributed by atoms with Crippen LogP contribution in [-0.2, 0) is 0 Å². The molecule has 0 saturated heterocycles. The summed E-state index contributed by atoms with van der Waals surface area (Å²) in [6, 6.07) is 21.0. The van der Waals surface area contributed by atoms with Crippen molar-refractivity contribution in [1.29, 1.82) is 0 Å². The molecule has 0 bridgehead atoms. The van der Waals surface area contributed by atoms with Crippen LogP contribution in [0.25, 0.3) is 22.2 Å². The highest BCUT2D eigenvalue weighted by Crippen LogP contribution is 2.29. The van der Waals surface area contributed by atoms with E-state index in [1.807, 2.05) is 66.7 Å². The van der Waals surface area contributed by atoms with Gasteiger partial charge in [-0.1, -0.05) is 52.3 Å². The van der Waals surface area contributed by atoms with Crippen LogP contribution < -0.4 is 0 Å². The predicted octanol–water partition coefficient (Wildman–Crippen LogP) is 5.58. The fraction of sp³-hybridized carbons (Fsp3) is 0. The van der Waals surface area contributed by atoms with E-state index in [4.69, 9.17) is 4.42 Å². The summed E-state index contributed by atoms with van der Waals surface area (Å²) in [5.74, 6) is 0.390. The predicted molar refractivity (Wildman–Crippen MR) is 102 cm³/mol. The van der Waals surface area contributed by atoms with Gasteiger partial charge in [-0.25, -0.2) is 0 Å². The lowest BCUT2D eigenvalue weighted by molar-refractivity contribution is 0.108. The number of thioether (sulfide) groups is 1. The van der Waals surface area contributed by atoms with Gasteiger partial charge in [0, 0.05) is 27.4 Å². The molecule has 6 heteroatoms. The van der Waals surface area contributed by atoms with Crippen LogP contribution in [0.1, 0.15) is 10.4 Å². The maximum Gasteiger partial charge on any atom is 0.284 e. The number of nitrogens with zero attached hydrogens (tertiary/aromatic N) is 2. The van der Waals surface area contributed by atoms with Gasteiger partial charge in [-0.05, 0) is 41.1 Å². The summed E-state index contributed by atoms with van der Waals surface area (Å²) in [5.41, 5.74) is 1.44. The van der Waals surface area contributed by atoms with Gasteiger partial charge in [0.1, 0.15) is 0 Å². The number of carbonyl (C=O) groups is 1. The second-order valence-electron chi connectivity index (χ2n) is 5.30. The maximum atomic E-state index is 12.6. The number of hydrogen-bond acceptors (Lipinski definition) is 5. The Bertz CT molecular complexity index is 1060. The molecule has 0 fully saturated rings. The van der Waals surface area contributed by atoms with Crippen LogP contribution in [0.2, 0.25) is 0 Å². The van der Waals surface area contributed by atoms with Crippen molar-refractivity contribution in [1.82, 2.24) is 10.2 Å². The molecule has 0 aliphatic rings. The van der Waals surface area contributed by atoms with Gasteiger partial charge >= 0.3 is 0 Å². The molecule has 0 radical (unpaired) electrons. The average molecular weight is 411 g/mol. The lowest BCUT2D eigenvalue weighted by Crippen LogP contribution is -1.94. The first-order valence-electron chi connectivity index (χ1n) is 7.50. The first-order chi connectivity index (χ1) is 12.2. The largest absolute Gasteiger partial charge is 0.411 e. The molecule has 1 aromatic heterocycles. The minimum Gasteiger partial charge on any atom is -0.411 e. The van der Waals surface area contributed by atoms with Crippen molar-refractivity contribution >= 4 is 43.6 Å². The SMILES string of the molecule is O=C(Sc1nnc(-c2ccc(Br)cc2)o1)c1cccc2ccccc12. The topological polar surface area (TPSA) is 56.0 Å². The monoisotopic (exact) mass is 410 g/mol. The molecule has 0 unspecified atom stereocenters. The first-order valence-corrected chi connectivity index (χ1v) is 9.11. The highest BCUT2D eigenvalue weighted by molar-refractivity contribution is 9.10. The van der Waals surface area contributed by atoms with Gasteiger partial charge in [-0.3, -0.25) is 4.79 Å². The Morgan fingerprint density at radius 3 is 2.52 bits per heavy atom. The normalized spacial score (nSPS) is 10.9. The highest BCUT2D eigenvalue weighted by Gasteiger charge is 2.16. The van der Waals surface area contributed by atoms with Gasteiger partial charge in [0.25, 0.3) is 5.22 Å². The molecule has 3 aromatic carbocycles. The Labute approximate surface area is 156 Å². The zero-order chi connectivity index (χ0) is 17.2. The summed E-state index contributed by atoms with van der Waals surface area (Å²) >= 11 is 4.33. The van der Waals surface area contributed by atoms with Crippen LogP contribution in [0.4, 0.5) is 0 Å². The number of hydrogen-bond donors (Lipinski definition) is 0. The Morgan fingerprint density at radius 2 is 1.68 bits per heavy atom. The maximum absolute atomic E-state index is 12.6. The lowest BCUT2D eigenvalue weighted by Gasteiger charge is -2.03. The van der Waals surface area contributed by atoms with Crippen molar-refractivity contribution in [2.75, 3.05) is 0 Å². The second-order valence-corrected chi connectivity index (χ2v) is 7.14. The number of fused-ring (bicyclic) bond motifs is 1. The van der Waals surface area contributed by atoms with E-state index >= 15 is 0 Å². The standard InChI is InChI=1S/C19H11BrN2O2S/c20-14-10-8-13(9-11-14)17-21-22-19(24-17)25-18(23)16-7-3-5-12-4-1-2-6-15(12)16/h1-11H. The van der Waals surface area contributed by atoms with Crippen molar-refractivity contribution in [2.24, 2.45) is 0 Å². The molecule has 122 valence electrons. The third-order valence-electron chi connectivity index (χ3n) is 3.69. The molecule has 0 atom stereocenters. The van der Waals surface area contributed by atoms with Gasteiger partial charge < -0.3 is 4.42 Å². The smallest absolute Gasteiger partial charge is 0.284 e. The van der Waals surface area contributed by atoms with Crippen molar-refractivity contribution in [3.05, 3.63) is 76.8 Å². The molecule has 0 aliphatic heterocycles. The van der Waals surface area contributed by atoms with Crippen molar-refractivity contribution < 1.29 is 9.21 Å². The quantitative estimate of drug-likeness (QED) is 0.412. The fourth-order valence-corrected chi connectivity index (χ4v) is 3.41. The molecular weight excluding hydrogens is 400 g/mol. The van der Waals surface area contributed by atoms with Crippen molar-refractivity contribution in [2.45, 2.75) is 5.22 Å². The average Bonchev–Trinajstić information content (AvgIpc) is 3.10. The molecule has 0 amide bonds. The van der Waals surface area contributed by atoms with E-state index in [0.717, 1.165) is 32.6 Å². The summed E-state index contributed by atoms with van der Waals surface area (Å²) in [7, 11) is 0. The third-order valence-corrected chi connectivity index (χ3v) is 4.96. The Hall–Kier alpha value is -2.44. The summed E-state index contributed by atoms with van der Waals surface area (Å²) in [6.45, 7) is 0. The number of rotatable bonds is 3. The summed E-state index contributed by atoms with van der Waals surface area (Å²) in [5, 5.41) is 10.0. The molecule has 1 heterocycles. The van der Waals surface area contributed by atoms with E-state index in [9.17, 15) is 4.79 Å². The number of aromatic nitrogens is 2. The van der Waals surface area contributed by atoms with E-state index in [1.54, 1.807) is 0 Å². The van der Waals surface area contributed by atoms with E-state index in [-0.39, 0.29) is 10.3 Å². The Kier molecular flexibility index (Phi) is 4.38. The van der Waals surface area contributed by atoms with E-state index in [1.165, 1.54) is 0 Å². The minimum absolute atomic E-state index is 0.122. The fourth-order valence-electron chi connectivity index (χ4n) is 2.50. The molecular formula is C19H11BrN2O2S. The molecule has 0 spiro atoms. The highest BCUT2D eigenvalue weighted by atomic mass is 79.9. The van der Waals surface area contributed by atoms with Gasteiger partial charge in [-0.2, -0.15) is 0 Å². The van der Waals surface area contributed by atoms with E-state index < -0.39 is 0 Å². The van der Waals surface area contributed by atoms with E-state index in [0.29, 0.717) is 11.5 Å². The van der Waals surface area contributed by atoms with Gasteiger partial charge in [0.05, 0.1) is 0 Å². The second kappa shape index (κ2) is 6.82. The van der Waals surface area contributed by atoms with Gasteiger partial charge in [0.15, 0.2) is 0 Å². The number of halogens is 1. The Morgan fingerprint density at radius 1 is 0.920 bits per heavy atom. The minimum atomic E-state index is -0.122. The third kappa shape index (κ3) is 3.36. The van der Waals surface area contributed by atoms with Crippen LogP contribution in [0, 0.1) is 0 Å². The molecule has 4 rings (SSSR count). The number of carbonyl (C=O) groups excluding carboxylic acids is 1. The molecule has 0 saturated carbocycles. The molecule has 25 heavy (non-hydrogen) atoms. The van der Waals surface area contributed by atoms with Crippen molar-refractivity contribution in [3.8, 4) is 11.5 Å². The van der Waals surface area contributed by atoms with Crippen molar-refractivity contribution in [3.63, 3.8) is 0 Å². The molecule has 0 N–H and O–H groups in total. The molecule has 4 nitrogen and oxygen atoms in total. The molecule has 0 aliphatic carbocycles. The number of benzene rings is 3.